The number of rotatable bonds is 1. The Morgan fingerprint density at radius 3 is 2.08 bits per heavy atom. The van der Waals surface area contributed by atoms with Gasteiger partial charge in [-0.05, 0) is 18.3 Å². The van der Waals surface area contributed by atoms with Crippen LogP contribution >= 0.6 is 0 Å². The second-order valence-corrected chi connectivity index (χ2v) is 4.61. The van der Waals surface area contributed by atoms with E-state index in [2.05, 4.69) is 10.9 Å². The summed E-state index contributed by atoms with van der Waals surface area (Å²) in [5.74, 6) is 1.98. The first kappa shape index (κ1) is 9.47. The lowest BCUT2D eigenvalue weighted by atomic mass is 9.83. The maximum absolute atomic E-state index is 3.30. The van der Waals surface area contributed by atoms with E-state index >= 15 is 0 Å². The van der Waals surface area contributed by atoms with Gasteiger partial charge in [0.15, 0.2) is 0 Å². The Bertz CT molecular complexity index is 133. The zero-order valence-electron chi connectivity index (χ0n) is 8.52. The molecule has 2 fully saturated rings. The molecule has 76 valence electrons. The van der Waals surface area contributed by atoms with Gasteiger partial charge in [0.05, 0.1) is 0 Å². The fraction of sp³-hybridized carbons (Fsp3) is 1.00. The highest BCUT2D eigenvalue weighted by Crippen LogP contribution is 2.30. The quantitative estimate of drug-likeness (QED) is 0.607. The molecule has 2 aliphatic rings. The van der Waals surface area contributed by atoms with Crippen molar-refractivity contribution in [1.82, 2.24) is 10.9 Å². The summed E-state index contributed by atoms with van der Waals surface area (Å²) in [4.78, 5) is 0. The first-order valence-electron chi connectivity index (χ1n) is 5.92. The van der Waals surface area contributed by atoms with Crippen molar-refractivity contribution in [2.45, 2.75) is 44.9 Å². The second kappa shape index (κ2) is 4.97. The normalized spacial score (nSPS) is 32.8. The van der Waals surface area contributed by atoms with Gasteiger partial charge in [-0.15, -0.1) is 0 Å². The van der Waals surface area contributed by atoms with Crippen molar-refractivity contribution < 1.29 is 0 Å². The van der Waals surface area contributed by atoms with Crippen LogP contribution in [-0.4, -0.2) is 13.1 Å². The van der Waals surface area contributed by atoms with Gasteiger partial charge in [-0.3, -0.25) is 10.9 Å². The number of hydrogen-bond acceptors (Lipinski definition) is 2. The van der Waals surface area contributed by atoms with Crippen molar-refractivity contribution in [3.63, 3.8) is 0 Å². The Kier molecular flexibility index (Phi) is 3.62. The highest BCUT2D eigenvalue weighted by atomic mass is 15.4. The molecule has 1 heterocycles. The predicted molar refractivity (Wildman–Crippen MR) is 55.3 cm³/mol. The molecule has 0 radical (unpaired) electrons. The molecule has 0 amide bonds. The summed E-state index contributed by atoms with van der Waals surface area (Å²) in [6.45, 7) is 2.37. The lowest BCUT2D eigenvalue weighted by Crippen LogP contribution is -2.45. The summed E-state index contributed by atoms with van der Waals surface area (Å²) in [7, 11) is 0. The van der Waals surface area contributed by atoms with E-state index in [1.807, 2.05) is 0 Å². The molecule has 0 aromatic carbocycles. The van der Waals surface area contributed by atoms with E-state index in [4.69, 9.17) is 0 Å². The summed E-state index contributed by atoms with van der Waals surface area (Å²) < 4.78 is 0. The minimum atomic E-state index is 0.958. The van der Waals surface area contributed by atoms with Crippen molar-refractivity contribution in [2.24, 2.45) is 11.8 Å². The van der Waals surface area contributed by atoms with Crippen LogP contribution in [0.25, 0.3) is 0 Å². The van der Waals surface area contributed by atoms with Gasteiger partial charge in [-0.1, -0.05) is 38.5 Å². The van der Waals surface area contributed by atoms with E-state index in [1.165, 1.54) is 58.0 Å². The molecule has 1 aliphatic carbocycles. The third-order valence-electron chi connectivity index (χ3n) is 3.70. The standard InChI is InChI=1S/C11H22N2/c1-2-4-6-10(5-3-1)11-7-8-12-13-9-11/h10-13H,1-9H2. The Morgan fingerprint density at radius 1 is 0.692 bits per heavy atom. The summed E-state index contributed by atoms with van der Waals surface area (Å²) in [6, 6.07) is 0. The zero-order valence-corrected chi connectivity index (χ0v) is 8.52. The van der Waals surface area contributed by atoms with Gasteiger partial charge in [0.1, 0.15) is 0 Å². The maximum atomic E-state index is 3.30. The molecule has 0 spiro atoms. The van der Waals surface area contributed by atoms with E-state index in [0.717, 1.165) is 11.8 Å². The van der Waals surface area contributed by atoms with Crippen molar-refractivity contribution in [3.05, 3.63) is 0 Å². The Labute approximate surface area is 81.4 Å². The van der Waals surface area contributed by atoms with Crippen LogP contribution in [0.3, 0.4) is 0 Å². The molecule has 0 aromatic heterocycles. The molecular formula is C11H22N2. The molecule has 1 atom stereocenters. The Morgan fingerprint density at radius 2 is 1.46 bits per heavy atom. The van der Waals surface area contributed by atoms with E-state index in [1.54, 1.807) is 0 Å². The molecule has 1 unspecified atom stereocenters. The molecule has 0 aromatic rings. The summed E-state index contributed by atoms with van der Waals surface area (Å²) in [5.41, 5.74) is 6.52. The summed E-state index contributed by atoms with van der Waals surface area (Å²) in [5, 5.41) is 0. The van der Waals surface area contributed by atoms with E-state index in [9.17, 15) is 0 Å². The molecule has 1 saturated carbocycles. The number of hydrogen-bond donors (Lipinski definition) is 2. The van der Waals surface area contributed by atoms with Crippen molar-refractivity contribution in [2.75, 3.05) is 13.1 Å². The van der Waals surface area contributed by atoms with Crippen molar-refractivity contribution in [1.29, 1.82) is 0 Å². The number of nitrogens with one attached hydrogen (secondary N) is 2. The van der Waals surface area contributed by atoms with Crippen LogP contribution in [0.2, 0.25) is 0 Å². The third kappa shape index (κ3) is 2.68. The van der Waals surface area contributed by atoms with Gasteiger partial charge in [-0.25, -0.2) is 0 Å². The van der Waals surface area contributed by atoms with Gasteiger partial charge in [0, 0.05) is 13.1 Å². The van der Waals surface area contributed by atoms with Gasteiger partial charge in [0.25, 0.3) is 0 Å². The van der Waals surface area contributed by atoms with Gasteiger partial charge < -0.3 is 0 Å². The van der Waals surface area contributed by atoms with Crippen LogP contribution in [0, 0.1) is 11.8 Å². The Balaban J connectivity index is 1.82. The second-order valence-electron chi connectivity index (χ2n) is 4.61. The minimum Gasteiger partial charge on any atom is -0.258 e. The lowest BCUT2D eigenvalue weighted by Gasteiger charge is -2.30. The molecule has 2 N–H and O–H groups in total. The first-order valence-corrected chi connectivity index (χ1v) is 5.92. The smallest absolute Gasteiger partial charge is 0.0131 e. The van der Waals surface area contributed by atoms with Crippen LogP contribution in [-0.2, 0) is 0 Å². The van der Waals surface area contributed by atoms with Gasteiger partial charge in [-0.2, -0.15) is 0 Å². The summed E-state index contributed by atoms with van der Waals surface area (Å²) in [6.07, 6.45) is 10.3. The van der Waals surface area contributed by atoms with Crippen LogP contribution in [0.5, 0.6) is 0 Å². The minimum absolute atomic E-state index is 0.958. The fourth-order valence-corrected chi connectivity index (χ4v) is 2.84. The summed E-state index contributed by atoms with van der Waals surface area (Å²) >= 11 is 0. The molecule has 13 heavy (non-hydrogen) atoms. The molecule has 1 aliphatic heterocycles. The fourth-order valence-electron chi connectivity index (χ4n) is 2.84. The number of hydrazine groups is 1. The van der Waals surface area contributed by atoms with E-state index < -0.39 is 0 Å². The molecule has 2 heteroatoms. The monoisotopic (exact) mass is 182 g/mol. The van der Waals surface area contributed by atoms with Crippen LogP contribution in [0.4, 0.5) is 0 Å². The predicted octanol–water partition coefficient (Wildman–Crippen LogP) is 2.07. The van der Waals surface area contributed by atoms with Gasteiger partial charge in [0.2, 0.25) is 0 Å². The molecule has 2 rings (SSSR count). The SMILES string of the molecule is C1CCCC(C2CCNNC2)CC1. The van der Waals surface area contributed by atoms with Crippen LogP contribution in [0.1, 0.15) is 44.9 Å². The van der Waals surface area contributed by atoms with Gasteiger partial charge >= 0.3 is 0 Å². The molecule has 1 saturated heterocycles. The van der Waals surface area contributed by atoms with Crippen molar-refractivity contribution in [3.8, 4) is 0 Å². The van der Waals surface area contributed by atoms with Crippen molar-refractivity contribution >= 4 is 0 Å². The average molecular weight is 182 g/mol. The molecule has 2 nitrogen and oxygen atoms in total. The average Bonchev–Trinajstić information content (AvgIpc) is 2.47. The lowest BCUT2D eigenvalue weighted by molar-refractivity contribution is 0.224. The van der Waals surface area contributed by atoms with E-state index in [-0.39, 0.29) is 0 Å². The maximum Gasteiger partial charge on any atom is 0.0131 e. The Hall–Kier alpha value is -0.0800. The van der Waals surface area contributed by atoms with Crippen LogP contribution in [0.15, 0.2) is 0 Å². The largest absolute Gasteiger partial charge is 0.258 e. The molecule has 0 bridgehead atoms. The third-order valence-corrected chi connectivity index (χ3v) is 3.70. The van der Waals surface area contributed by atoms with Crippen LogP contribution < -0.4 is 10.9 Å². The highest BCUT2D eigenvalue weighted by molar-refractivity contribution is 4.77. The van der Waals surface area contributed by atoms with E-state index in [0.29, 0.717) is 0 Å². The molecular weight excluding hydrogens is 160 g/mol. The topological polar surface area (TPSA) is 24.1 Å². The zero-order chi connectivity index (χ0) is 8.93. The highest BCUT2D eigenvalue weighted by Gasteiger charge is 2.23. The first-order chi connectivity index (χ1) is 6.47.